The third-order valence-corrected chi connectivity index (χ3v) is 7.48. The average molecular weight is 558 g/mol. The number of benzene rings is 1. The number of urea groups is 1. The molecule has 0 saturated heterocycles. The van der Waals surface area contributed by atoms with Crippen LogP contribution in [0.2, 0.25) is 0 Å². The lowest BCUT2D eigenvalue weighted by molar-refractivity contribution is -0.117. The summed E-state index contributed by atoms with van der Waals surface area (Å²) in [4.78, 5) is 41.9. The average Bonchev–Trinajstić information content (AvgIpc) is 3.25. The van der Waals surface area contributed by atoms with Crippen LogP contribution in [0.25, 0.3) is 0 Å². The quantitative estimate of drug-likeness (QED) is 0.386. The fourth-order valence-corrected chi connectivity index (χ4v) is 5.54. The Morgan fingerprint density at radius 3 is 2.73 bits per heavy atom. The standard InChI is InChI=1S/C30H39N9O2/c1-21-26(20-37(4)35-21)33-29-31-17-23-19-38(18-22-10-6-5-7-11-22)30(41)39(28(23)34-29)25-13-8-12-24(16-25)32-27(40)14-9-15-36(2)3/h5-7,9-11,14,17,20,24-25H,8,12-13,15-16,18-19H2,1-4H3,(H,32,40)(H,31,33,34)/b14-9+. The minimum Gasteiger partial charge on any atom is -0.350 e. The van der Waals surface area contributed by atoms with Crippen molar-refractivity contribution in [2.24, 2.45) is 7.05 Å². The number of rotatable bonds is 9. The van der Waals surface area contributed by atoms with Gasteiger partial charge in [-0.3, -0.25) is 14.4 Å². The van der Waals surface area contributed by atoms with Crippen molar-refractivity contribution in [2.45, 2.75) is 57.8 Å². The Hall–Kier alpha value is -4.25. The zero-order chi connectivity index (χ0) is 28.9. The first-order valence-electron chi connectivity index (χ1n) is 14.1. The molecule has 1 aromatic carbocycles. The normalized spacial score (nSPS) is 19.1. The molecule has 2 unspecified atom stereocenters. The molecule has 2 N–H and O–H groups in total. The second kappa shape index (κ2) is 12.5. The molecule has 2 atom stereocenters. The molecule has 3 aromatic rings. The molecular formula is C30H39N9O2. The molecule has 5 rings (SSSR count). The summed E-state index contributed by atoms with van der Waals surface area (Å²) in [6, 6.07) is 9.80. The summed E-state index contributed by atoms with van der Waals surface area (Å²) < 4.78 is 1.74. The molecule has 1 fully saturated rings. The maximum atomic E-state index is 14.1. The van der Waals surface area contributed by atoms with Crippen molar-refractivity contribution in [1.82, 2.24) is 34.9 Å². The van der Waals surface area contributed by atoms with Crippen LogP contribution in [-0.2, 0) is 24.9 Å². The van der Waals surface area contributed by atoms with Crippen LogP contribution in [-0.4, -0.2) is 74.2 Å². The molecule has 1 saturated carbocycles. The first kappa shape index (κ1) is 28.3. The van der Waals surface area contributed by atoms with Gasteiger partial charge in [0.05, 0.1) is 17.9 Å². The largest absolute Gasteiger partial charge is 0.350 e. The fraction of sp³-hybridized carbons (Fsp3) is 0.433. The van der Waals surface area contributed by atoms with Gasteiger partial charge in [-0.25, -0.2) is 9.78 Å². The molecule has 41 heavy (non-hydrogen) atoms. The van der Waals surface area contributed by atoms with E-state index < -0.39 is 0 Å². The van der Waals surface area contributed by atoms with Crippen molar-refractivity contribution in [1.29, 1.82) is 0 Å². The molecule has 3 amide bonds. The van der Waals surface area contributed by atoms with Crippen molar-refractivity contribution in [2.75, 3.05) is 30.9 Å². The molecule has 3 heterocycles. The Bertz CT molecular complexity index is 1400. The Morgan fingerprint density at radius 1 is 1.20 bits per heavy atom. The van der Waals surface area contributed by atoms with Gasteiger partial charge in [0.15, 0.2) is 0 Å². The SMILES string of the molecule is Cc1nn(C)cc1Nc1ncc2c(n1)N(C1CCCC(NC(=O)/C=C/CN(C)C)C1)C(=O)N(Cc1ccccc1)C2. The zero-order valence-corrected chi connectivity index (χ0v) is 24.2. The molecule has 2 aromatic heterocycles. The fourth-order valence-electron chi connectivity index (χ4n) is 5.54. The van der Waals surface area contributed by atoms with Crippen molar-refractivity contribution >= 4 is 29.4 Å². The predicted octanol–water partition coefficient (Wildman–Crippen LogP) is 3.75. The van der Waals surface area contributed by atoms with E-state index in [-0.39, 0.29) is 24.0 Å². The maximum Gasteiger partial charge on any atom is 0.326 e. The number of aryl methyl sites for hydroxylation is 2. The van der Waals surface area contributed by atoms with Gasteiger partial charge in [-0.15, -0.1) is 0 Å². The van der Waals surface area contributed by atoms with Gasteiger partial charge in [0.25, 0.3) is 0 Å². The summed E-state index contributed by atoms with van der Waals surface area (Å²) in [6.45, 7) is 3.54. The van der Waals surface area contributed by atoms with Crippen molar-refractivity contribution in [3.05, 3.63) is 71.7 Å². The van der Waals surface area contributed by atoms with E-state index >= 15 is 0 Å². The highest BCUT2D eigenvalue weighted by molar-refractivity contribution is 5.94. The van der Waals surface area contributed by atoms with Crippen molar-refractivity contribution < 1.29 is 9.59 Å². The number of anilines is 3. The first-order valence-corrected chi connectivity index (χ1v) is 14.1. The summed E-state index contributed by atoms with van der Waals surface area (Å²) in [5.74, 6) is 0.941. The van der Waals surface area contributed by atoms with E-state index in [9.17, 15) is 9.59 Å². The molecule has 0 bridgehead atoms. The van der Waals surface area contributed by atoms with Crippen LogP contribution in [0.15, 0.2) is 54.9 Å². The van der Waals surface area contributed by atoms with Gasteiger partial charge in [-0.05, 0) is 52.3 Å². The van der Waals surface area contributed by atoms with E-state index in [4.69, 9.17) is 4.98 Å². The number of nitrogens with one attached hydrogen (secondary N) is 2. The highest BCUT2D eigenvalue weighted by Gasteiger charge is 2.39. The number of fused-ring (bicyclic) bond motifs is 1. The second-order valence-corrected chi connectivity index (χ2v) is 11.2. The van der Waals surface area contributed by atoms with Crippen LogP contribution < -0.4 is 15.5 Å². The molecule has 216 valence electrons. The third-order valence-electron chi connectivity index (χ3n) is 7.48. The van der Waals surface area contributed by atoms with E-state index in [1.54, 1.807) is 10.8 Å². The molecule has 1 aliphatic heterocycles. The topological polar surface area (TPSA) is 112 Å². The Balaban J connectivity index is 1.40. The Kier molecular flexibility index (Phi) is 8.63. The number of aromatic nitrogens is 4. The number of nitrogens with zero attached hydrogens (tertiary/aromatic N) is 7. The smallest absolute Gasteiger partial charge is 0.326 e. The van der Waals surface area contributed by atoms with Crippen molar-refractivity contribution in [3.8, 4) is 0 Å². The number of carbonyl (C=O) groups is 2. The van der Waals surface area contributed by atoms with E-state index in [1.807, 2.05) is 91.6 Å². The van der Waals surface area contributed by atoms with Crippen LogP contribution in [0.4, 0.5) is 22.2 Å². The summed E-state index contributed by atoms with van der Waals surface area (Å²) >= 11 is 0. The van der Waals surface area contributed by atoms with E-state index in [1.165, 1.54) is 0 Å². The van der Waals surface area contributed by atoms with Crippen LogP contribution >= 0.6 is 0 Å². The lowest BCUT2D eigenvalue weighted by atomic mass is 9.89. The maximum absolute atomic E-state index is 14.1. The van der Waals surface area contributed by atoms with Gasteiger partial charge in [0.1, 0.15) is 5.82 Å². The summed E-state index contributed by atoms with van der Waals surface area (Å²) in [5, 5.41) is 10.8. The molecule has 11 nitrogen and oxygen atoms in total. The van der Waals surface area contributed by atoms with Crippen LogP contribution in [0, 0.1) is 6.92 Å². The molecule has 1 aliphatic carbocycles. The van der Waals surface area contributed by atoms with Gasteiger partial charge in [0.2, 0.25) is 11.9 Å². The minimum absolute atomic E-state index is 0.0246. The number of hydrogen-bond acceptors (Lipinski definition) is 7. The second-order valence-electron chi connectivity index (χ2n) is 11.2. The number of amides is 3. The van der Waals surface area contributed by atoms with E-state index in [2.05, 4.69) is 20.7 Å². The van der Waals surface area contributed by atoms with Crippen molar-refractivity contribution in [3.63, 3.8) is 0 Å². The van der Waals surface area contributed by atoms with Gasteiger partial charge < -0.3 is 20.4 Å². The highest BCUT2D eigenvalue weighted by Crippen LogP contribution is 2.35. The molecule has 0 spiro atoms. The number of hydrogen-bond donors (Lipinski definition) is 2. The van der Waals surface area contributed by atoms with Gasteiger partial charge in [-0.2, -0.15) is 10.1 Å². The van der Waals surface area contributed by atoms with Crippen LogP contribution in [0.3, 0.4) is 0 Å². The summed E-state index contributed by atoms with van der Waals surface area (Å²) in [6.07, 6.45) is 10.4. The summed E-state index contributed by atoms with van der Waals surface area (Å²) in [5.41, 5.74) is 3.61. The molecule has 2 aliphatic rings. The van der Waals surface area contributed by atoms with E-state index in [0.717, 1.165) is 41.8 Å². The summed E-state index contributed by atoms with van der Waals surface area (Å²) in [7, 11) is 5.79. The number of carbonyl (C=O) groups excluding carboxylic acids is 2. The Labute approximate surface area is 241 Å². The van der Waals surface area contributed by atoms with E-state index in [0.29, 0.717) is 37.8 Å². The van der Waals surface area contributed by atoms with Gasteiger partial charge >= 0.3 is 6.03 Å². The van der Waals surface area contributed by atoms with Crippen LogP contribution in [0.5, 0.6) is 0 Å². The van der Waals surface area contributed by atoms with Gasteiger partial charge in [-0.1, -0.05) is 36.4 Å². The van der Waals surface area contributed by atoms with Gasteiger partial charge in [0, 0.05) is 56.3 Å². The predicted molar refractivity (Wildman–Crippen MR) is 159 cm³/mol. The first-order chi connectivity index (χ1) is 19.8. The lowest BCUT2D eigenvalue weighted by Gasteiger charge is -2.43. The lowest BCUT2D eigenvalue weighted by Crippen LogP contribution is -2.54. The molecular weight excluding hydrogens is 518 g/mol. The number of likely N-dealkylation sites (N-methyl/N-ethyl adjacent to an activating group) is 1. The third kappa shape index (κ3) is 6.91. The van der Waals surface area contributed by atoms with Crippen LogP contribution in [0.1, 0.15) is 42.5 Å². The monoisotopic (exact) mass is 557 g/mol. The molecule has 11 heteroatoms. The zero-order valence-electron chi connectivity index (χ0n) is 24.2. The highest BCUT2D eigenvalue weighted by atomic mass is 16.2. The minimum atomic E-state index is -0.104. The molecule has 0 radical (unpaired) electrons. The Morgan fingerprint density at radius 2 is 2.00 bits per heavy atom.